The van der Waals surface area contributed by atoms with E-state index in [-0.39, 0.29) is 18.7 Å². The van der Waals surface area contributed by atoms with Crippen molar-refractivity contribution in [2.45, 2.75) is 33.6 Å². The molecule has 7 nitrogen and oxygen atoms in total. The van der Waals surface area contributed by atoms with Crippen molar-refractivity contribution >= 4 is 29.2 Å². The van der Waals surface area contributed by atoms with E-state index in [1.165, 1.54) is 0 Å². The van der Waals surface area contributed by atoms with E-state index in [0.29, 0.717) is 23.7 Å². The fourth-order valence-corrected chi connectivity index (χ4v) is 2.52. The number of rotatable bonds is 9. The SMILES string of the molecule is CCOc1ccc(NC(=O)CCC(=O)OCC(=O)Nc2cc(C)ccc2C)cc1. The molecule has 29 heavy (non-hydrogen) atoms. The van der Waals surface area contributed by atoms with Gasteiger partial charge in [0.05, 0.1) is 13.0 Å². The lowest BCUT2D eigenvalue weighted by molar-refractivity contribution is -0.147. The van der Waals surface area contributed by atoms with Crippen LogP contribution in [-0.4, -0.2) is 31.0 Å². The van der Waals surface area contributed by atoms with Crippen molar-refractivity contribution in [1.29, 1.82) is 0 Å². The van der Waals surface area contributed by atoms with Crippen LogP contribution in [0.1, 0.15) is 30.9 Å². The van der Waals surface area contributed by atoms with Gasteiger partial charge in [0.25, 0.3) is 5.91 Å². The predicted molar refractivity (Wildman–Crippen MR) is 111 cm³/mol. The molecule has 0 spiro atoms. The fourth-order valence-electron chi connectivity index (χ4n) is 2.52. The Morgan fingerprint density at radius 1 is 0.897 bits per heavy atom. The lowest BCUT2D eigenvalue weighted by Crippen LogP contribution is -2.22. The van der Waals surface area contributed by atoms with E-state index >= 15 is 0 Å². The lowest BCUT2D eigenvalue weighted by Gasteiger charge is -2.10. The molecule has 0 fully saturated rings. The van der Waals surface area contributed by atoms with Gasteiger partial charge in [0.2, 0.25) is 5.91 Å². The monoisotopic (exact) mass is 398 g/mol. The number of benzene rings is 2. The third-order valence-electron chi connectivity index (χ3n) is 4.04. The van der Waals surface area contributed by atoms with E-state index in [4.69, 9.17) is 9.47 Å². The van der Waals surface area contributed by atoms with Crippen LogP contribution in [0.25, 0.3) is 0 Å². The smallest absolute Gasteiger partial charge is 0.306 e. The van der Waals surface area contributed by atoms with Crippen LogP contribution in [0.3, 0.4) is 0 Å². The number of nitrogens with one attached hydrogen (secondary N) is 2. The number of anilines is 2. The van der Waals surface area contributed by atoms with Gasteiger partial charge in [-0.3, -0.25) is 14.4 Å². The largest absolute Gasteiger partial charge is 0.494 e. The summed E-state index contributed by atoms with van der Waals surface area (Å²) < 4.78 is 10.3. The highest BCUT2D eigenvalue weighted by Crippen LogP contribution is 2.17. The van der Waals surface area contributed by atoms with Crippen molar-refractivity contribution < 1.29 is 23.9 Å². The van der Waals surface area contributed by atoms with Gasteiger partial charge in [-0.1, -0.05) is 12.1 Å². The summed E-state index contributed by atoms with van der Waals surface area (Å²) in [4.78, 5) is 35.7. The Kier molecular flexibility index (Phi) is 8.21. The highest BCUT2D eigenvalue weighted by atomic mass is 16.5. The number of carbonyl (C=O) groups excluding carboxylic acids is 3. The zero-order valence-corrected chi connectivity index (χ0v) is 16.9. The number of hydrogen-bond acceptors (Lipinski definition) is 5. The molecule has 0 radical (unpaired) electrons. The summed E-state index contributed by atoms with van der Waals surface area (Å²) in [6.07, 6.45) is -0.149. The second kappa shape index (κ2) is 10.8. The Labute approximate surface area is 170 Å². The van der Waals surface area contributed by atoms with Gasteiger partial charge >= 0.3 is 5.97 Å². The van der Waals surface area contributed by atoms with Crippen LogP contribution in [0.2, 0.25) is 0 Å². The molecule has 0 unspecified atom stereocenters. The molecular formula is C22H26N2O5. The highest BCUT2D eigenvalue weighted by molar-refractivity contribution is 5.94. The Morgan fingerprint density at radius 2 is 1.62 bits per heavy atom. The molecule has 7 heteroatoms. The van der Waals surface area contributed by atoms with Crippen LogP contribution in [-0.2, 0) is 19.1 Å². The molecule has 2 aromatic rings. The summed E-state index contributed by atoms with van der Waals surface area (Å²) in [7, 11) is 0. The van der Waals surface area contributed by atoms with Gasteiger partial charge in [0.1, 0.15) is 5.75 Å². The van der Waals surface area contributed by atoms with Crippen LogP contribution in [0, 0.1) is 13.8 Å². The number of aryl methyl sites for hydroxylation is 2. The fraction of sp³-hybridized carbons (Fsp3) is 0.318. The summed E-state index contributed by atoms with van der Waals surface area (Å²) in [6, 6.07) is 12.6. The second-order valence-corrected chi connectivity index (χ2v) is 6.53. The summed E-state index contributed by atoms with van der Waals surface area (Å²) in [5, 5.41) is 5.41. The molecule has 0 aliphatic heterocycles. The maximum Gasteiger partial charge on any atom is 0.306 e. The van der Waals surface area contributed by atoms with E-state index in [1.54, 1.807) is 24.3 Å². The molecule has 2 N–H and O–H groups in total. The maximum atomic E-state index is 12.0. The zero-order valence-electron chi connectivity index (χ0n) is 16.9. The highest BCUT2D eigenvalue weighted by Gasteiger charge is 2.12. The normalized spacial score (nSPS) is 10.2. The molecule has 0 atom stereocenters. The first-order chi connectivity index (χ1) is 13.9. The minimum Gasteiger partial charge on any atom is -0.494 e. The van der Waals surface area contributed by atoms with Gasteiger partial charge in [-0.05, 0) is 62.2 Å². The molecule has 154 valence electrons. The van der Waals surface area contributed by atoms with E-state index < -0.39 is 18.5 Å². The van der Waals surface area contributed by atoms with Crippen molar-refractivity contribution in [3.05, 3.63) is 53.6 Å². The van der Waals surface area contributed by atoms with Crippen molar-refractivity contribution in [1.82, 2.24) is 0 Å². The van der Waals surface area contributed by atoms with Crippen LogP contribution in [0.4, 0.5) is 11.4 Å². The van der Waals surface area contributed by atoms with Crippen LogP contribution in [0.15, 0.2) is 42.5 Å². The summed E-state index contributed by atoms with van der Waals surface area (Å²) >= 11 is 0. The van der Waals surface area contributed by atoms with E-state index in [9.17, 15) is 14.4 Å². The topological polar surface area (TPSA) is 93.7 Å². The van der Waals surface area contributed by atoms with E-state index in [0.717, 1.165) is 11.1 Å². The molecule has 0 aliphatic carbocycles. The minimum absolute atomic E-state index is 0.0371. The Bertz CT molecular complexity index is 862. The molecule has 0 aromatic heterocycles. The zero-order chi connectivity index (χ0) is 21.2. The average molecular weight is 398 g/mol. The van der Waals surface area contributed by atoms with Crippen molar-refractivity contribution in [2.75, 3.05) is 23.8 Å². The number of hydrogen-bond donors (Lipinski definition) is 2. The van der Waals surface area contributed by atoms with Crippen LogP contribution >= 0.6 is 0 Å². The van der Waals surface area contributed by atoms with E-state index in [2.05, 4.69) is 10.6 Å². The van der Waals surface area contributed by atoms with Crippen molar-refractivity contribution in [2.24, 2.45) is 0 Å². The third kappa shape index (κ3) is 7.65. The van der Waals surface area contributed by atoms with Gasteiger partial charge in [-0.15, -0.1) is 0 Å². The van der Waals surface area contributed by atoms with Gasteiger partial charge in [0.15, 0.2) is 6.61 Å². The molecule has 0 aliphatic rings. The lowest BCUT2D eigenvalue weighted by atomic mass is 10.1. The molecule has 0 bridgehead atoms. The summed E-state index contributed by atoms with van der Waals surface area (Å²) in [6.45, 7) is 5.86. The molecule has 0 saturated carbocycles. The Balaban J connectivity index is 1.70. The van der Waals surface area contributed by atoms with Crippen LogP contribution in [0.5, 0.6) is 5.75 Å². The Hall–Kier alpha value is -3.35. The average Bonchev–Trinajstić information content (AvgIpc) is 2.69. The first-order valence-corrected chi connectivity index (χ1v) is 9.43. The number of esters is 1. The Morgan fingerprint density at radius 3 is 2.31 bits per heavy atom. The summed E-state index contributed by atoms with van der Waals surface area (Å²) in [5.74, 6) is -0.631. The second-order valence-electron chi connectivity index (χ2n) is 6.53. The van der Waals surface area contributed by atoms with Crippen molar-refractivity contribution in [3.63, 3.8) is 0 Å². The third-order valence-corrected chi connectivity index (χ3v) is 4.04. The number of carbonyl (C=O) groups is 3. The quantitative estimate of drug-likeness (QED) is 0.630. The minimum atomic E-state index is -0.608. The molecule has 2 rings (SSSR count). The van der Waals surface area contributed by atoms with Gasteiger partial charge in [0, 0.05) is 17.8 Å². The number of ether oxygens (including phenoxy) is 2. The maximum absolute atomic E-state index is 12.0. The first kappa shape index (κ1) is 21.9. The molecule has 0 saturated heterocycles. The first-order valence-electron chi connectivity index (χ1n) is 9.43. The standard InChI is InChI=1S/C22H26N2O5/c1-4-28-18-9-7-17(8-10-18)23-20(25)11-12-22(27)29-14-21(26)24-19-13-15(2)5-6-16(19)3/h5-10,13H,4,11-12,14H2,1-3H3,(H,23,25)(H,24,26). The molecule has 2 aromatic carbocycles. The summed E-state index contributed by atoms with van der Waals surface area (Å²) in [5.41, 5.74) is 3.23. The van der Waals surface area contributed by atoms with E-state index in [1.807, 2.05) is 39.0 Å². The molecule has 0 heterocycles. The van der Waals surface area contributed by atoms with Crippen LogP contribution < -0.4 is 15.4 Å². The molecular weight excluding hydrogens is 372 g/mol. The van der Waals surface area contributed by atoms with Gasteiger partial charge in [-0.25, -0.2) is 0 Å². The predicted octanol–water partition coefficient (Wildman–Crippen LogP) is 3.60. The van der Waals surface area contributed by atoms with Gasteiger partial charge in [-0.2, -0.15) is 0 Å². The van der Waals surface area contributed by atoms with Gasteiger partial charge < -0.3 is 20.1 Å². The van der Waals surface area contributed by atoms with Crippen molar-refractivity contribution in [3.8, 4) is 5.75 Å². The molecule has 2 amide bonds. The number of amides is 2.